The Morgan fingerprint density at radius 3 is 2.72 bits per heavy atom. The van der Waals surface area contributed by atoms with Crippen LogP contribution in [0.15, 0.2) is 18.2 Å². The van der Waals surface area contributed by atoms with Gasteiger partial charge in [-0.05, 0) is 25.3 Å². The molecule has 0 amide bonds. The summed E-state index contributed by atoms with van der Waals surface area (Å²) < 4.78 is 10.5. The predicted molar refractivity (Wildman–Crippen MR) is 70.0 cm³/mol. The van der Waals surface area contributed by atoms with Gasteiger partial charge in [0.25, 0.3) is 0 Å². The van der Waals surface area contributed by atoms with Crippen LogP contribution >= 0.6 is 0 Å². The second-order valence-electron chi connectivity index (χ2n) is 4.66. The van der Waals surface area contributed by atoms with Crippen molar-refractivity contribution >= 4 is 0 Å². The molecule has 18 heavy (non-hydrogen) atoms. The Morgan fingerprint density at radius 1 is 1.28 bits per heavy atom. The maximum atomic E-state index is 9.76. The van der Waals surface area contributed by atoms with Gasteiger partial charge in [-0.2, -0.15) is 0 Å². The molecule has 2 rings (SSSR count). The Labute approximate surface area is 108 Å². The number of aliphatic hydroxyl groups excluding tert-OH is 1. The van der Waals surface area contributed by atoms with Crippen molar-refractivity contribution in [3.63, 3.8) is 0 Å². The number of aliphatic hydroxyl groups is 1. The standard InChI is InChI=1S/C14H21NO3/c1-17-11-7-6-10(14(8-11)18-2)9-15-12-4-3-5-13(12)16/h6-8,12-13,15-16H,3-5,9H2,1-2H3. The first-order chi connectivity index (χ1) is 8.74. The third kappa shape index (κ3) is 2.94. The van der Waals surface area contributed by atoms with E-state index >= 15 is 0 Å². The third-order valence-electron chi connectivity index (χ3n) is 3.53. The van der Waals surface area contributed by atoms with Gasteiger partial charge in [0.15, 0.2) is 0 Å². The predicted octanol–water partition coefficient (Wildman–Crippen LogP) is 1.71. The number of benzene rings is 1. The van der Waals surface area contributed by atoms with Crippen molar-refractivity contribution in [2.24, 2.45) is 0 Å². The quantitative estimate of drug-likeness (QED) is 0.836. The molecule has 0 bridgehead atoms. The highest BCUT2D eigenvalue weighted by molar-refractivity contribution is 5.40. The summed E-state index contributed by atoms with van der Waals surface area (Å²) in [6.07, 6.45) is 2.82. The van der Waals surface area contributed by atoms with Crippen LogP contribution in [0.1, 0.15) is 24.8 Å². The molecular weight excluding hydrogens is 230 g/mol. The Bertz CT molecular complexity index is 395. The summed E-state index contributed by atoms with van der Waals surface area (Å²) in [5.41, 5.74) is 1.08. The maximum Gasteiger partial charge on any atom is 0.127 e. The van der Waals surface area contributed by atoms with Gasteiger partial charge < -0.3 is 19.9 Å². The molecule has 4 heteroatoms. The summed E-state index contributed by atoms with van der Waals surface area (Å²) >= 11 is 0. The largest absolute Gasteiger partial charge is 0.497 e. The summed E-state index contributed by atoms with van der Waals surface area (Å²) in [4.78, 5) is 0. The van der Waals surface area contributed by atoms with Crippen LogP contribution in [0.4, 0.5) is 0 Å². The lowest BCUT2D eigenvalue weighted by Crippen LogP contribution is -2.35. The van der Waals surface area contributed by atoms with E-state index in [9.17, 15) is 5.11 Å². The molecule has 0 aromatic heterocycles. The maximum absolute atomic E-state index is 9.76. The summed E-state index contributed by atoms with van der Waals surface area (Å²) in [7, 11) is 3.30. The fourth-order valence-corrected chi connectivity index (χ4v) is 2.42. The normalized spacial score (nSPS) is 23.1. The minimum absolute atomic E-state index is 0.205. The molecule has 0 radical (unpaired) electrons. The van der Waals surface area contributed by atoms with Gasteiger partial charge in [-0.3, -0.25) is 0 Å². The molecule has 2 atom stereocenters. The molecule has 2 N–H and O–H groups in total. The average molecular weight is 251 g/mol. The molecule has 1 aromatic carbocycles. The van der Waals surface area contributed by atoms with Gasteiger partial charge in [0, 0.05) is 24.2 Å². The van der Waals surface area contributed by atoms with Gasteiger partial charge >= 0.3 is 0 Å². The lowest BCUT2D eigenvalue weighted by molar-refractivity contribution is 0.148. The SMILES string of the molecule is COc1ccc(CNC2CCCC2O)c(OC)c1. The van der Waals surface area contributed by atoms with Crippen LogP contribution in [-0.2, 0) is 6.54 Å². The number of nitrogens with one attached hydrogen (secondary N) is 1. The van der Waals surface area contributed by atoms with Gasteiger partial charge in [0.2, 0.25) is 0 Å². The van der Waals surface area contributed by atoms with Crippen LogP contribution in [0.5, 0.6) is 11.5 Å². The average Bonchev–Trinajstić information content (AvgIpc) is 2.81. The van der Waals surface area contributed by atoms with E-state index in [0.29, 0.717) is 6.54 Å². The van der Waals surface area contributed by atoms with Crippen LogP contribution in [-0.4, -0.2) is 31.5 Å². The Morgan fingerprint density at radius 2 is 2.11 bits per heavy atom. The Kier molecular flexibility index (Phi) is 4.44. The van der Waals surface area contributed by atoms with Crippen LogP contribution in [0, 0.1) is 0 Å². The topological polar surface area (TPSA) is 50.7 Å². The minimum Gasteiger partial charge on any atom is -0.497 e. The van der Waals surface area contributed by atoms with E-state index in [2.05, 4.69) is 5.32 Å². The lowest BCUT2D eigenvalue weighted by Gasteiger charge is -2.17. The second kappa shape index (κ2) is 6.07. The zero-order valence-electron chi connectivity index (χ0n) is 11.0. The van der Waals surface area contributed by atoms with Crippen LogP contribution in [0.3, 0.4) is 0 Å². The Balaban J connectivity index is 2.00. The van der Waals surface area contributed by atoms with Crippen molar-refractivity contribution in [1.29, 1.82) is 0 Å². The highest BCUT2D eigenvalue weighted by atomic mass is 16.5. The van der Waals surface area contributed by atoms with Crippen molar-refractivity contribution in [2.75, 3.05) is 14.2 Å². The summed E-state index contributed by atoms with van der Waals surface area (Å²) in [5, 5.41) is 13.2. The summed E-state index contributed by atoms with van der Waals surface area (Å²) in [5.74, 6) is 1.60. The molecule has 1 aliphatic carbocycles. The Hall–Kier alpha value is -1.26. The van der Waals surface area contributed by atoms with Gasteiger partial charge in [0.05, 0.1) is 20.3 Å². The van der Waals surface area contributed by atoms with E-state index in [1.54, 1.807) is 14.2 Å². The molecule has 1 aromatic rings. The number of methoxy groups -OCH3 is 2. The molecule has 1 saturated carbocycles. The fourth-order valence-electron chi connectivity index (χ4n) is 2.42. The smallest absolute Gasteiger partial charge is 0.127 e. The first-order valence-corrected chi connectivity index (χ1v) is 6.37. The van der Waals surface area contributed by atoms with E-state index in [-0.39, 0.29) is 12.1 Å². The third-order valence-corrected chi connectivity index (χ3v) is 3.53. The summed E-state index contributed by atoms with van der Waals surface area (Å²) in [6.45, 7) is 0.703. The number of rotatable bonds is 5. The minimum atomic E-state index is -0.214. The van der Waals surface area contributed by atoms with E-state index < -0.39 is 0 Å². The highest BCUT2D eigenvalue weighted by Gasteiger charge is 2.24. The molecule has 1 aliphatic rings. The number of hydrogen-bond donors (Lipinski definition) is 2. The van der Waals surface area contributed by atoms with Gasteiger partial charge in [-0.25, -0.2) is 0 Å². The van der Waals surface area contributed by atoms with Crippen molar-refractivity contribution < 1.29 is 14.6 Å². The van der Waals surface area contributed by atoms with E-state index in [1.807, 2.05) is 18.2 Å². The highest BCUT2D eigenvalue weighted by Crippen LogP contribution is 2.25. The molecular formula is C14H21NO3. The fraction of sp³-hybridized carbons (Fsp3) is 0.571. The van der Waals surface area contributed by atoms with Crippen molar-refractivity contribution in [2.45, 2.75) is 38.0 Å². The second-order valence-corrected chi connectivity index (χ2v) is 4.66. The van der Waals surface area contributed by atoms with Crippen LogP contribution in [0.2, 0.25) is 0 Å². The number of ether oxygens (including phenoxy) is 2. The number of hydrogen-bond acceptors (Lipinski definition) is 4. The zero-order chi connectivity index (χ0) is 13.0. The molecule has 0 heterocycles. The molecule has 0 saturated heterocycles. The molecule has 2 unspecified atom stereocenters. The molecule has 100 valence electrons. The van der Waals surface area contributed by atoms with Crippen LogP contribution < -0.4 is 14.8 Å². The lowest BCUT2D eigenvalue weighted by atomic mass is 10.1. The molecule has 1 fully saturated rings. The molecule has 0 spiro atoms. The zero-order valence-corrected chi connectivity index (χ0v) is 11.0. The van der Waals surface area contributed by atoms with Crippen molar-refractivity contribution in [1.82, 2.24) is 5.32 Å². The van der Waals surface area contributed by atoms with E-state index in [1.165, 1.54) is 0 Å². The van der Waals surface area contributed by atoms with Crippen molar-refractivity contribution in [3.8, 4) is 11.5 Å². The van der Waals surface area contributed by atoms with Gasteiger partial charge in [-0.15, -0.1) is 0 Å². The van der Waals surface area contributed by atoms with E-state index in [0.717, 1.165) is 36.3 Å². The molecule has 0 aliphatic heterocycles. The van der Waals surface area contributed by atoms with Crippen molar-refractivity contribution in [3.05, 3.63) is 23.8 Å². The van der Waals surface area contributed by atoms with Gasteiger partial charge in [0.1, 0.15) is 11.5 Å². The molecule has 4 nitrogen and oxygen atoms in total. The van der Waals surface area contributed by atoms with Gasteiger partial charge in [-0.1, -0.05) is 6.07 Å². The first-order valence-electron chi connectivity index (χ1n) is 6.37. The first kappa shape index (κ1) is 13.2. The summed E-state index contributed by atoms with van der Waals surface area (Å²) in [6, 6.07) is 6.00. The monoisotopic (exact) mass is 251 g/mol. The van der Waals surface area contributed by atoms with E-state index in [4.69, 9.17) is 9.47 Å². The van der Waals surface area contributed by atoms with Crippen LogP contribution in [0.25, 0.3) is 0 Å².